The highest BCUT2D eigenvalue weighted by atomic mass is 35.5. The van der Waals surface area contributed by atoms with Crippen molar-refractivity contribution in [1.29, 1.82) is 0 Å². The van der Waals surface area contributed by atoms with E-state index in [0.29, 0.717) is 45.6 Å². The number of aromatic hydroxyl groups is 1. The number of hydrogen-bond acceptors (Lipinski definition) is 7. The molecule has 2 aromatic carbocycles. The van der Waals surface area contributed by atoms with Crippen LogP contribution in [0, 0.1) is 9.77 Å². The van der Waals surface area contributed by atoms with Crippen LogP contribution in [0.3, 0.4) is 0 Å². The molecule has 0 radical (unpaired) electrons. The highest BCUT2D eigenvalue weighted by Gasteiger charge is 2.26. The molecular weight excluding hydrogens is 579 g/mol. The second kappa shape index (κ2) is 12.0. The van der Waals surface area contributed by atoms with Gasteiger partial charge in [-0.15, -0.1) is 22.7 Å². The van der Waals surface area contributed by atoms with Gasteiger partial charge in [-0.2, -0.15) is 0 Å². The van der Waals surface area contributed by atoms with E-state index in [1.165, 1.54) is 40.9 Å². The average molecular weight is 603 g/mol. The smallest absolute Gasteiger partial charge is 0.275 e. The maximum Gasteiger partial charge on any atom is 0.275 e. The van der Waals surface area contributed by atoms with Crippen LogP contribution in [0.4, 0.5) is 10.1 Å². The fourth-order valence-electron chi connectivity index (χ4n) is 4.53. The number of aromatic nitrogens is 2. The summed E-state index contributed by atoms with van der Waals surface area (Å²) in [6.45, 7) is 1.56. The van der Waals surface area contributed by atoms with Crippen LogP contribution in [-0.4, -0.2) is 44.5 Å². The summed E-state index contributed by atoms with van der Waals surface area (Å²) >= 11 is 13.9. The molecule has 1 aliphatic rings. The van der Waals surface area contributed by atoms with Gasteiger partial charge in [0.15, 0.2) is 3.95 Å². The quantitative estimate of drug-likeness (QED) is 0.224. The van der Waals surface area contributed by atoms with Gasteiger partial charge in [0.25, 0.3) is 5.91 Å². The topological polar surface area (TPSA) is 87.5 Å². The number of anilines is 1. The lowest BCUT2D eigenvalue weighted by molar-refractivity contribution is -0.132. The van der Waals surface area contributed by atoms with Crippen molar-refractivity contribution in [2.45, 2.75) is 31.7 Å². The molecule has 12 heteroatoms. The van der Waals surface area contributed by atoms with Crippen LogP contribution < -0.4 is 5.32 Å². The van der Waals surface area contributed by atoms with Crippen molar-refractivity contribution in [3.8, 4) is 17.0 Å². The zero-order chi connectivity index (χ0) is 27.5. The molecule has 0 aliphatic carbocycles. The first-order chi connectivity index (χ1) is 18.8. The van der Waals surface area contributed by atoms with E-state index in [9.17, 15) is 19.1 Å². The molecule has 202 valence electrons. The fraction of sp³-hybridized carbons (Fsp3) is 0.259. The molecule has 0 unspecified atom stereocenters. The number of nitrogens with one attached hydrogen (secondary N) is 1. The van der Waals surface area contributed by atoms with Gasteiger partial charge in [0, 0.05) is 53.6 Å². The van der Waals surface area contributed by atoms with Gasteiger partial charge >= 0.3 is 0 Å². The van der Waals surface area contributed by atoms with Crippen molar-refractivity contribution in [1.82, 2.24) is 14.5 Å². The maximum absolute atomic E-state index is 14.0. The Morgan fingerprint density at radius 2 is 1.87 bits per heavy atom. The lowest BCUT2D eigenvalue weighted by Crippen LogP contribution is -2.38. The minimum atomic E-state index is -0.410. The normalized spacial score (nSPS) is 13.9. The zero-order valence-electron chi connectivity index (χ0n) is 20.6. The second-order valence-electron chi connectivity index (χ2n) is 9.14. The first-order valence-electron chi connectivity index (χ1n) is 12.3. The molecule has 5 rings (SSSR count). The maximum atomic E-state index is 14.0. The molecule has 2 aromatic heterocycles. The molecule has 3 heterocycles. The average Bonchev–Trinajstić information content (AvgIpc) is 3.56. The Labute approximate surface area is 242 Å². The summed E-state index contributed by atoms with van der Waals surface area (Å²) in [5, 5.41) is 17.4. The van der Waals surface area contributed by atoms with Crippen molar-refractivity contribution in [3.05, 3.63) is 78.7 Å². The molecule has 2 N–H and O–H groups in total. The Morgan fingerprint density at radius 1 is 1.13 bits per heavy atom. The van der Waals surface area contributed by atoms with Crippen LogP contribution >= 0.6 is 46.5 Å². The van der Waals surface area contributed by atoms with Crippen LogP contribution in [0.2, 0.25) is 5.02 Å². The molecule has 2 amide bonds. The number of nitrogens with zero attached hydrogens (tertiary/aromatic N) is 3. The number of rotatable bonds is 7. The molecule has 7 nitrogen and oxygen atoms in total. The van der Waals surface area contributed by atoms with E-state index in [4.69, 9.17) is 23.8 Å². The van der Waals surface area contributed by atoms with Crippen molar-refractivity contribution < 1.29 is 19.1 Å². The molecule has 1 aliphatic heterocycles. The molecule has 0 atom stereocenters. The van der Waals surface area contributed by atoms with Crippen molar-refractivity contribution in [2.24, 2.45) is 0 Å². The molecule has 4 aromatic rings. The number of piperidine rings is 1. The summed E-state index contributed by atoms with van der Waals surface area (Å²) in [6, 6.07) is 11.2. The molecular formula is C27H24ClFN4O3S3. The van der Waals surface area contributed by atoms with E-state index in [1.807, 2.05) is 4.90 Å². The van der Waals surface area contributed by atoms with E-state index in [2.05, 4.69) is 10.3 Å². The molecule has 0 bridgehead atoms. The number of amides is 2. The minimum absolute atomic E-state index is 0.0240. The van der Waals surface area contributed by atoms with Crippen LogP contribution in [0.15, 0.2) is 53.2 Å². The lowest BCUT2D eigenvalue weighted by atomic mass is 9.97. The number of thiazole rings is 2. The number of halogens is 2. The number of hydrogen-bond donors (Lipinski definition) is 2. The van der Waals surface area contributed by atoms with Crippen molar-refractivity contribution in [3.63, 3.8) is 0 Å². The number of likely N-dealkylation sites (tertiary alicyclic amines) is 1. The summed E-state index contributed by atoms with van der Waals surface area (Å²) < 4.78 is 16.1. The van der Waals surface area contributed by atoms with Crippen LogP contribution in [-0.2, 0) is 11.3 Å². The standard InChI is InChI=1S/C27H24ClFN4O3S3/c28-18-3-1-16(2-4-18)20-13-19(29)5-6-21(20)30-25(36)22-14-38-26(31-22)17-7-10-32(11-8-17)23(34)9-12-33-24(35)15-39-27(33)37/h1-6,13-15,17,35H,7-12H2,(H,30,36). The zero-order valence-corrected chi connectivity index (χ0v) is 23.8. The second-order valence-corrected chi connectivity index (χ2v) is 12.0. The summed E-state index contributed by atoms with van der Waals surface area (Å²) in [5.41, 5.74) is 2.04. The first kappa shape index (κ1) is 27.4. The summed E-state index contributed by atoms with van der Waals surface area (Å²) in [6.07, 6.45) is 1.77. The van der Waals surface area contributed by atoms with Gasteiger partial charge in [-0.3, -0.25) is 14.2 Å². The molecule has 0 saturated carbocycles. The molecule has 1 saturated heterocycles. The van der Waals surface area contributed by atoms with Crippen LogP contribution in [0.25, 0.3) is 11.1 Å². The van der Waals surface area contributed by atoms with E-state index in [0.717, 1.165) is 23.4 Å². The summed E-state index contributed by atoms with van der Waals surface area (Å²) in [7, 11) is 0. The molecule has 1 fully saturated rings. The number of carbonyl (C=O) groups excluding carboxylic acids is 2. The van der Waals surface area contributed by atoms with Gasteiger partial charge in [0.1, 0.15) is 11.5 Å². The van der Waals surface area contributed by atoms with E-state index in [-0.39, 0.29) is 30.0 Å². The number of benzene rings is 2. The van der Waals surface area contributed by atoms with Gasteiger partial charge in [-0.05, 0) is 61.0 Å². The third-order valence-corrected chi connectivity index (χ3v) is 9.17. The fourth-order valence-corrected chi connectivity index (χ4v) is 6.60. The first-order valence-corrected chi connectivity index (χ1v) is 14.8. The Bertz CT molecular complexity index is 1560. The van der Waals surface area contributed by atoms with Gasteiger partial charge in [0.2, 0.25) is 11.8 Å². The summed E-state index contributed by atoms with van der Waals surface area (Å²) in [4.78, 5) is 32.2. The Hall–Kier alpha value is -3.12. The highest BCUT2D eigenvalue weighted by molar-refractivity contribution is 7.73. The SMILES string of the molecule is O=C(Nc1ccc(F)cc1-c1ccc(Cl)cc1)c1csc(C2CCN(C(=O)CCn3c(O)csc3=S)CC2)n1. The predicted octanol–water partition coefficient (Wildman–Crippen LogP) is 6.95. The third kappa shape index (κ3) is 6.38. The lowest BCUT2D eigenvalue weighted by Gasteiger charge is -2.31. The Balaban J connectivity index is 1.19. The Morgan fingerprint density at radius 3 is 2.56 bits per heavy atom. The highest BCUT2D eigenvalue weighted by Crippen LogP contribution is 2.33. The largest absolute Gasteiger partial charge is 0.494 e. The monoisotopic (exact) mass is 602 g/mol. The Kier molecular flexibility index (Phi) is 8.41. The van der Waals surface area contributed by atoms with Crippen LogP contribution in [0.5, 0.6) is 5.88 Å². The van der Waals surface area contributed by atoms with Crippen LogP contribution in [0.1, 0.15) is 40.7 Å². The van der Waals surface area contributed by atoms with E-state index >= 15 is 0 Å². The predicted molar refractivity (Wildman–Crippen MR) is 155 cm³/mol. The number of carbonyl (C=O) groups is 2. The van der Waals surface area contributed by atoms with Gasteiger partial charge in [-0.25, -0.2) is 9.37 Å². The van der Waals surface area contributed by atoms with E-state index in [1.54, 1.807) is 39.6 Å². The molecule has 39 heavy (non-hydrogen) atoms. The molecule has 0 spiro atoms. The summed E-state index contributed by atoms with van der Waals surface area (Å²) in [5.74, 6) is -0.517. The van der Waals surface area contributed by atoms with Gasteiger partial charge in [0.05, 0.1) is 10.4 Å². The van der Waals surface area contributed by atoms with Gasteiger partial charge in [-0.1, -0.05) is 23.7 Å². The van der Waals surface area contributed by atoms with E-state index < -0.39 is 5.82 Å². The van der Waals surface area contributed by atoms with Crippen molar-refractivity contribution in [2.75, 3.05) is 18.4 Å². The minimum Gasteiger partial charge on any atom is -0.494 e. The van der Waals surface area contributed by atoms with Crippen molar-refractivity contribution >= 4 is 64.0 Å². The third-order valence-electron chi connectivity index (χ3n) is 6.65. The van der Waals surface area contributed by atoms with Gasteiger partial charge < -0.3 is 15.3 Å².